The molecule has 2 nitrogen and oxygen atoms in total. The van der Waals surface area contributed by atoms with Crippen LogP contribution in [0, 0.1) is 5.82 Å². The molecule has 0 radical (unpaired) electrons. The van der Waals surface area contributed by atoms with E-state index in [1.54, 1.807) is 13.0 Å². The van der Waals surface area contributed by atoms with Gasteiger partial charge in [-0.1, -0.05) is 37.9 Å². The average molecular weight is 354 g/mol. The molecule has 1 aromatic rings. The highest BCUT2D eigenvalue weighted by molar-refractivity contribution is 9.10. The van der Waals surface area contributed by atoms with E-state index in [-0.39, 0.29) is 18.2 Å². The monoisotopic (exact) mass is 352 g/mol. The molecule has 0 bridgehead atoms. The number of alkyl halides is 1. The molecule has 0 spiro atoms. The molecule has 0 unspecified atom stereocenters. The van der Waals surface area contributed by atoms with Gasteiger partial charge in [0.1, 0.15) is 5.82 Å². The molecule has 0 atom stereocenters. The van der Waals surface area contributed by atoms with Gasteiger partial charge in [0.25, 0.3) is 0 Å². The fourth-order valence-electron chi connectivity index (χ4n) is 1.25. The zero-order valence-electron chi connectivity index (χ0n) is 8.73. The minimum atomic E-state index is -0.310. The largest absolute Gasteiger partial charge is 0.466 e. The fourth-order valence-corrected chi connectivity index (χ4v) is 2.14. The van der Waals surface area contributed by atoms with E-state index in [0.29, 0.717) is 22.0 Å². The topological polar surface area (TPSA) is 26.3 Å². The Labute approximate surface area is 110 Å². The third kappa shape index (κ3) is 3.56. The third-order valence-electron chi connectivity index (χ3n) is 2.00. The van der Waals surface area contributed by atoms with Crippen molar-refractivity contribution < 1.29 is 13.9 Å². The van der Waals surface area contributed by atoms with Gasteiger partial charge in [-0.3, -0.25) is 4.79 Å². The maximum atomic E-state index is 13.3. The second kappa shape index (κ2) is 6.35. The van der Waals surface area contributed by atoms with Crippen molar-refractivity contribution in [3.8, 4) is 0 Å². The van der Waals surface area contributed by atoms with Gasteiger partial charge in [0.05, 0.1) is 13.0 Å². The number of carbonyl (C=O) groups is 1. The summed E-state index contributed by atoms with van der Waals surface area (Å²) in [5.74, 6) is -0.605. The number of halogens is 3. The van der Waals surface area contributed by atoms with Crippen molar-refractivity contribution in [3.05, 3.63) is 33.5 Å². The van der Waals surface area contributed by atoms with Gasteiger partial charge in [-0.25, -0.2) is 4.39 Å². The Hall–Kier alpha value is -0.420. The minimum absolute atomic E-state index is 0.148. The minimum Gasteiger partial charge on any atom is -0.466 e. The van der Waals surface area contributed by atoms with Crippen LogP contribution in [-0.4, -0.2) is 12.6 Å². The van der Waals surface area contributed by atoms with Crippen LogP contribution in [0.15, 0.2) is 16.6 Å². The Balaban J connectivity index is 2.91. The molecular weight excluding hydrogens is 343 g/mol. The lowest BCUT2D eigenvalue weighted by atomic mass is 10.1. The molecule has 0 saturated heterocycles. The third-order valence-corrected chi connectivity index (χ3v) is 3.34. The van der Waals surface area contributed by atoms with E-state index in [1.165, 1.54) is 6.07 Å². The average Bonchev–Trinajstić information content (AvgIpc) is 2.22. The summed E-state index contributed by atoms with van der Waals surface area (Å²) in [6.07, 6.45) is 0.148. The van der Waals surface area contributed by atoms with E-state index in [0.717, 1.165) is 5.56 Å². The number of rotatable bonds is 4. The van der Waals surface area contributed by atoms with Gasteiger partial charge in [-0.2, -0.15) is 0 Å². The highest BCUT2D eigenvalue weighted by Crippen LogP contribution is 2.23. The van der Waals surface area contributed by atoms with E-state index in [9.17, 15) is 9.18 Å². The number of benzene rings is 1. The molecule has 0 aliphatic carbocycles. The van der Waals surface area contributed by atoms with E-state index in [4.69, 9.17) is 4.74 Å². The molecule has 16 heavy (non-hydrogen) atoms. The van der Waals surface area contributed by atoms with Gasteiger partial charge in [0.15, 0.2) is 0 Å². The van der Waals surface area contributed by atoms with Gasteiger partial charge in [0.2, 0.25) is 0 Å². The summed E-state index contributed by atoms with van der Waals surface area (Å²) in [5.41, 5.74) is 1.26. The van der Waals surface area contributed by atoms with Crippen LogP contribution in [0.25, 0.3) is 0 Å². The molecule has 5 heteroatoms. The summed E-state index contributed by atoms with van der Waals surface area (Å²) < 4.78 is 18.8. The van der Waals surface area contributed by atoms with E-state index in [2.05, 4.69) is 31.9 Å². The van der Waals surface area contributed by atoms with Crippen molar-refractivity contribution in [2.24, 2.45) is 0 Å². The number of carbonyl (C=O) groups excluding carboxylic acids is 1. The Morgan fingerprint density at radius 3 is 2.69 bits per heavy atom. The van der Waals surface area contributed by atoms with Gasteiger partial charge in [-0.05, 0) is 24.1 Å². The van der Waals surface area contributed by atoms with Gasteiger partial charge >= 0.3 is 5.97 Å². The first kappa shape index (κ1) is 13.6. The van der Waals surface area contributed by atoms with Gasteiger partial charge in [0, 0.05) is 9.80 Å². The van der Waals surface area contributed by atoms with Gasteiger partial charge in [-0.15, -0.1) is 0 Å². The van der Waals surface area contributed by atoms with Crippen LogP contribution in [0.5, 0.6) is 0 Å². The highest BCUT2D eigenvalue weighted by atomic mass is 79.9. The molecule has 0 amide bonds. The first-order valence-corrected chi connectivity index (χ1v) is 6.68. The lowest BCUT2D eigenvalue weighted by Gasteiger charge is -2.07. The highest BCUT2D eigenvalue weighted by Gasteiger charge is 2.11. The summed E-state index contributed by atoms with van der Waals surface area (Å²) >= 11 is 6.42. The molecule has 88 valence electrons. The number of esters is 1. The number of ether oxygens (including phenoxy) is 1. The summed E-state index contributed by atoms with van der Waals surface area (Å²) in [5, 5.41) is 0.419. The van der Waals surface area contributed by atoms with Gasteiger partial charge < -0.3 is 4.74 Å². The molecule has 0 heterocycles. The van der Waals surface area contributed by atoms with Crippen molar-refractivity contribution in [3.63, 3.8) is 0 Å². The molecule has 1 aromatic carbocycles. The maximum absolute atomic E-state index is 13.3. The predicted octanol–water partition coefficient (Wildman–Crippen LogP) is 3.59. The lowest BCUT2D eigenvalue weighted by molar-refractivity contribution is -0.142. The zero-order valence-corrected chi connectivity index (χ0v) is 11.9. The van der Waals surface area contributed by atoms with E-state index in [1.807, 2.05) is 0 Å². The lowest BCUT2D eigenvalue weighted by Crippen LogP contribution is -2.08. The predicted molar refractivity (Wildman–Crippen MR) is 67.1 cm³/mol. The molecule has 0 fully saturated rings. The smallest absolute Gasteiger partial charge is 0.310 e. The molecule has 1 rings (SSSR count). The van der Waals surface area contributed by atoms with Crippen LogP contribution in [0.3, 0.4) is 0 Å². The molecular formula is C11H11Br2FO2. The first-order chi connectivity index (χ1) is 7.58. The van der Waals surface area contributed by atoms with Crippen LogP contribution in [-0.2, 0) is 21.3 Å². The molecule has 0 aliphatic heterocycles. The Morgan fingerprint density at radius 1 is 1.44 bits per heavy atom. The fraction of sp³-hybridized carbons (Fsp3) is 0.364. The van der Waals surface area contributed by atoms with Crippen molar-refractivity contribution in [1.82, 2.24) is 0 Å². The number of hydrogen-bond acceptors (Lipinski definition) is 2. The number of hydrogen-bond donors (Lipinski definition) is 0. The Morgan fingerprint density at radius 2 is 2.12 bits per heavy atom. The summed E-state index contributed by atoms with van der Waals surface area (Å²) in [6.45, 7) is 2.10. The quantitative estimate of drug-likeness (QED) is 0.610. The first-order valence-electron chi connectivity index (χ1n) is 4.76. The van der Waals surface area contributed by atoms with Crippen molar-refractivity contribution in [1.29, 1.82) is 0 Å². The van der Waals surface area contributed by atoms with E-state index >= 15 is 0 Å². The second-order valence-electron chi connectivity index (χ2n) is 3.15. The molecule has 0 N–H and O–H groups in total. The van der Waals surface area contributed by atoms with Crippen LogP contribution in [0.2, 0.25) is 0 Å². The normalized spacial score (nSPS) is 10.2. The summed E-state index contributed by atoms with van der Waals surface area (Å²) in [6, 6.07) is 3.02. The summed E-state index contributed by atoms with van der Waals surface area (Å²) in [7, 11) is 0. The maximum Gasteiger partial charge on any atom is 0.310 e. The van der Waals surface area contributed by atoms with Crippen molar-refractivity contribution >= 4 is 37.8 Å². The molecule has 0 saturated carbocycles. The zero-order chi connectivity index (χ0) is 12.1. The van der Waals surface area contributed by atoms with Crippen molar-refractivity contribution in [2.45, 2.75) is 18.7 Å². The van der Waals surface area contributed by atoms with Crippen LogP contribution in [0.1, 0.15) is 18.1 Å². The second-order valence-corrected chi connectivity index (χ2v) is 4.57. The van der Waals surface area contributed by atoms with Crippen molar-refractivity contribution in [2.75, 3.05) is 6.61 Å². The Bertz CT molecular complexity index is 394. The molecule has 0 aromatic heterocycles. The van der Waals surface area contributed by atoms with Crippen LogP contribution < -0.4 is 0 Å². The molecule has 0 aliphatic rings. The van der Waals surface area contributed by atoms with Crippen LogP contribution >= 0.6 is 31.9 Å². The van der Waals surface area contributed by atoms with E-state index < -0.39 is 0 Å². The van der Waals surface area contributed by atoms with Crippen LogP contribution in [0.4, 0.5) is 4.39 Å². The summed E-state index contributed by atoms with van der Waals surface area (Å²) in [4.78, 5) is 11.3. The SMILES string of the molecule is CCOC(=O)Cc1cc(CBr)c(F)cc1Br. The standard InChI is InChI=1S/C11H11Br2FO2/c1-2-16-11(15)4-7-3-8(6-12)10(14)5-9(7)13/h3,5H,2,4,6H2,1H3. The Kier molecular flexibility index (Phi) is 5.41.